The topological polar surface area (TPSA) is 59.4 Å². The molecule has 0 aliphatic carbocycles. The van der Waals surface area contributed by atoms with Crippen molar-refractivity contribution in [3.63, 3.8) is 0 Å². The molecule has 5 nitrogen and oxygen atoms in total. The molecule has 1 aromatic carbocycles. The second-order valence-electron chi connectivity index (χ2n) is 6.46. The van der Waals surface area contributed by atoms with Gasteiger partial charge in [-0.2, -0.15) is 5.26 Å². The van der Waals surface area contributed by atoms with E-state index in [1.165, 1.54) is 5.56 Å². The number of benzene rings is 1. The summed E-state index contributed by atoms with van der Waals surface area (Å²) < 4.78 is 0. The van der Waals surface area contributed by atoms with E-state index in [1.54, 1.807) is 0 Å². The third kappa shape index (κ3) is 5.05. The number of carbonyl (C=O) groups is 1. The van der Waals surface area contributed by atoms with Crippen LogP contribution in [0.4, 0.5) is 0 Å². The highest BCUT2D eigenvalue weighted by Gasteiger charge is 2.25. The van der Waals surface area contributed by atoms with E-state index in [4.69, 9.17) is 5.26 Å². The van der Waals surface area contributed by atoms with Crippen molar-refractivity contribution in [2.45, 2.75) is 39.4 Å². The van der Waals surface area contributed by atoms with E-state index in [-0.39, 0.29) is 18.0 Å². The average molecular weight is 314 g/mol. The van der Waals surface area contributed by atoms with E-state index in [0.717, 1.165) is 32.7 Å². The number of hydrogen-bond acceptors (Lipinski definition) is 4. The van der Waals surface area contributed by atoms with Gasteiger partial charge >= 0.3 is 0 Å². The predicted octanol–water partition coefficient (Wildman–Crippen LogP) is 1.59. The van der Waals surface area contributed by atoms with Gasteiger partial charge in [0, 0.05) is 38.8 Å². The molecule has 1 atom stereocenters. The fourth-order valence-corrected chi connectivity index (χ4v) is 2.82. The maximum atomic E-state index is 12.1. The molecule has 0 radical (unpaired) electrons. The van der Waals surface area contributed by atoms with E-state index in [2.05, 4.69) is 21.2 Å². The third-order valence-electron chi connectivity index (χ3n) is 4.25. The highest BCUT2D eigenvalue weighted by molar-refractivity contribution is 5.81. The van der Waals surface area contributed by atoms with Crippen molar-refractivity contribution in [2.24, 2.45) is 0 Å². The van der Waals surface area contributed by atoms with Gasteiger partial charge in [-0.15, -0.1) is 0 Å². The molecule has 1 saturated heterocycles. The summed E-state index contributed by atoms with van der Waals surface area (Å²) in [6.45, 7) is 10.6. The Balaban J connectivity index is 1.81. The summed E-state index contributed by atoms with van der Waals surface area (Å²) in [5, 5.41) is 11.8. The second kappa shape index (κ2) is 8.09. The maximum absolute atomic E-state index is 12.1. The molecule has 1 N–H and O–H groups in total. The van der Waals surface area contributed by atoms with Crippen molar-refractivity contribution in [1.29, 1.82) is 5.26 Å². The number of amides is 1. The van der Waals surface area contributed by atoms with E-state index in [9.17, 15) is 4.79 Å². The summed E-state index contributed by atoms with van der Waals surface area (Å²) in [7, 11) is 0. The molecule has 1 aliphatic rings. The van der Waals surface area contributed by atoms with Gasteiger partial charge in [-0.3, -0.25) is 14.6 Å². The first-order chi connectivity index (χ1) is 11.0. The first kappa shape index (κ1) is 17.5. The van der Waals surface area contributed by atoms with Gasteiger partial charge in [0.2, 0.25) is 5.91 Å². The Morgan fingerprint density at radius 1 is 1.17 bits per heavy atom. The van der Waals surface area contributed by atoms with Crippen LogP contribution in [0, 0.1) is 11.3 Å². The standard InChI is InChI=1S/C18H26N4O/c1-14(2)20-18(23)15(3)22-10-8-21(9-11-22)13-17-6-4-16(12-19)5-7-17/h4-7,14-15H,8-11,13H2,1-3H3,(H,20,23). The Morgan fingerprint density at radius 2 is 1.78 bits per heavy atom. The van der Waals surface area contributed by atoms with Crippen LogP contribution in [0.25, 0.3) is 0 Å². The predicted molar refractivity (Wildman–Crippen MR) is 90.7 cm³/mol. The van der Waals surface area contributed by atoms with Gasteiger partial charge in [0.05, 0.1) is 17.7 Å². The quantitative estimate of drug-likeness (QED) is 0.896. The summed E-state index contributed by atoms with van der Waals surface area (Å²) >= 11 is 0. The third-order valence-corrected chi connectivity index (χ3v) is 4.25. The number of carbonyl (C=O) groups excluding carboxylic acids is 1. The van der Waals surface area contributed by atoms with Gasteiger partial charge < -0.3 is 5.32 Å². The lowest BCUT2D eigenvalue weighted by molar-refractivity contribution is -0.127. The monoisotopic (exact) mass is 314 g/mol. The van der Waals surface area contributed by atoms with Crippen LogP contribution in [0.2, 0.25) is 0 Å². The molecular formula is C18H26N4O. The molecule has 1 aromatic rings. The summed E-state index contributed by atoms with van der Waals surface area (Å²) in [6, 6.07) is 10.0. The van der Waals surface area contributed by atoms with Crippen LogP contribution in [0.1, 0.15) is 31.9 Å². The minimum absolute atomic E-state index is 0.0746. The summed E-state index contributed by atoms with van der Waals surface area (Å²) in [6.07, 6.45) is 0. The summed E-state index contributed by atoms with van der Waals surface area (Å²) in [4.78, 5) is 16.7. The zero-order valence-corrected chi connectivity index (χ0v) is 14.2. The van der Waals surface area contributed by atoms with Crippen LogP contribution in [-0.4, -0.2) is 54.0 Å². The molecule has 1 amide bonds. The molecule has 0 saturated carbocycles. The SMILES string of the molecule is CC(C)NC(=O)C(C)N1CCN(Cc2ccc(C#N)cc2)CC1. The second-order valence-corrected chi connectivity index (χ2v) is 6.46. The number of hydrogen-bond donors (Lipinski definition) is 1. The molecule has 0 bridgehead atoms. The fraction of sp³-hybridized carbons (Fsp3) is 0.556. The first-order valence-electron chi connectivity index (χ1n) is 8.25. The van der Waals surface area contributed by atoms with Gasteiger partial charge in [0.15, 0.2) is 0 Å². The molecule has 124 valence electrons. The molecule has 2 rings (SSSR count). The van der Waals surface area contributed by atoms with Crippen LogP contribution in [0.15, 0.2) is 24.3 Å². The number of nitrogens with zero attached hydrogens (tertiary/aromatic N) is 3. The van der Waals surface area contributed by atoms with Crippen LogP contribution in [0.5, 0.6) is 0 Å². The van der Waals surface area contributed by atoms with Crippen molar-refractivity contribution >= 4 is 5.91 Å². The number of nitriles is 1. The zero-order chi connectivity index (χ0) is 16.8. The molecule has 1 aliphatic heterocycles. The van der Waals surface area contributed by atoms with Crippen LogP contribution < -0.4 is 5.32 Å². The molecule has 0 spiro atoms. The average Bonchev–Trinajstić information content (AvgIpc) is 2.55. The van der Waals surface area contributed by atoms with Crippen molar-refractivity contribution in [3.8, 4) is 6.07 Å². The number of piperazine rings is 1. The Labute approximate surface area is 138 Å². The fourth-order valence-electron chi connectivity index (χ4n) is 2.82. The Morgan fingerprint density at radius 3 is 2.30 bits per heavy atom. The maximum Gasteiger partial charge on any atom is 0.237 e. The summed E-state index contributed by atoms with van der Waals surface area (Å²) in [5.41, 5.74) is 1.92. The number of nitrogens with one attached hydrogen (secondary N) is 1. The van der Waals surface area contributed by atoms with E-state index in [1.807, 2.05) is 45.0 Å². The summed E-state index contributed by atoms with van der Waals surface area (Å²) in [5.74, 6) is 0.112. The van der Waals surface area contributed by atoms with E-state index < -0.39 is 0 Å². The molecular weight excluding hydrogens is 288 g/mol. The van der Waals surface area contributed by atoms with Gasteiger partial charge in [-0.25, -0.2) is 0 Å². The minimum atomic E-state index is -0.0746. The van der Waals surface area contributed by atoms with Crippen molar-refractivity contribution in [3.05, 3.63) is 35.4 Å². The van der Waals surface area contributed by atoms with Crippen molar-refractivity contribution in [2.75, 3.05) is 26.2 Å². The molecule has 1 fully saturated rings. The minimum Gasteiger partial charge on any atom is -0.353 e. The lowest BCUT2D eigenvalue weighted by Crippen LogP contribution is -2.54. The van der Waals surface area contributed by atoms with Crippen LogP contribution in [-0.2, 0) is 11.3 Å². The highest BCUT2D eigenvalue weighted by atomic mass is 16.2. The lowest BCUT2D eigenvalue weighted by Gasteiger charge is -2.37. The molecule has 1 heterocycles. The molecule has 0 aromatic heterocycles. The smallest absolute Gasteiger partial charge is 0.237 e. The Bertz CT molecular complexity index is 553. The normalized spacial score (nSPS) is 17.7. The van der Waals surface area contributed by atoms with Gasteiger partial charge in [-0.1, -0.05) is 12.1 Å². The molecule has 1 unspecified atom stereocenters. The van der Waals surface area contributed by atoms with Crippen molar-refractivity contribution < 1.29 is 4.79 Å². The Hall–Kier alpha value is -1.90. The van der Waals surface area contributed by atoms with Gasteiger partial charge in [-0.05, 0) is 38.5 Å². The van der Waals surface area contributed by atoms with E-state index in [0.29, 0.717) is 5.56 Å². The molecule has 23 heavy (non-hydrogen) atoms. The highest BCUT2D eigenvalue weighted by Crippen LogP contribution is 2.11. The van der Waals surface area contributed by atoms with Crippen molar-refractivity contribution in [1.82, 2.24) is 15.1 Å². The van der Waals surface area contributed by atoms with Crippen LogP contribution in [0.3, 0.4) is 0 Å². The zero-order valence-electron chi connectivity index (χ0n) is 14.2. The van der Waals surface area contributed by atoms with Gasteiger partial charge in [0.25, 0.3) is 0 Å². The number of rotatable bonds is 5. The molecule has 5 heteroatoms. The van der Waals surface area contributed by atoms with Crippen LogP contribution >= 0.6 is 0 Å². The Kier molecular flexibility index (Phi) is 6.14. The first-order valence-corrected chi connectivity index (χ1v) is 8.25. The largest absolute Gasteiger partial charge is 0.353 e. The lowest BCUT2D eigenvalue weighted by atomic mass is 10.1. The van der Waals surface area contributed by atoms with E-state index >= 15 is 0 Å². The van der Waals surface area contributed by atoms with Gasteiger partial charge in [0.1, 0.15) is 0 Å².